The Bertz CT molecular complexity index is 1540. The third kappa shape index (κ3) is 4.65. The molecule has 9 heteroatoms. The molecular weight excluding hydrogens is 502 g/mol. The molecule has 0 bridgehead atoms. The number of halogens is 1. The molecule has 2 heterocycles. The zero-order valence-corrected chi connectivity index (χ0v) is 22.1. The maximum atomic E-state index is 14.2. The minimum atomic E-state index is -1.39. The van der Waals surface area contributed by atoms with E-state index in [-0.39, 0.29) is 11.1 Å². The minimum Gasteiger partial charge on any atom is -0.356 e. The number of nitrogens with zero attached hydrogens (tertiary/aromatic N) is 4. The fourth-order valence-corrected chi connectivity index (χ4v) is 4.91. The molecule has 0 aliphatic carbocycles. The second-order valence-electron chi connectivity index (χ2n) is 9.38. The number of pyridine rings is 1. The van der Waals surface area contributed by atoms with E-state index < -0.39 is 12.3 Å². The number of hydrogen-bond acceptors (Lipinski definition) is 6. The van der Waals surface area contributed by atoms with Crippen molar-refractivity contribution in [1.29, 1.82) is 0 Å². The van der Waals surface area contributed by atoms with E-state index in [1.165, 1.54) is 15.5 Å². The van der Waals surface area contributed by atoms with E-state index in [2.05, 4.69) is 5.32 Å². The molecule has 1 unspecified atom stereocenters. The Morgan fingerprint density at radius 1 is 0.868 bits per heavy atom. The molecule has 0 saturated heterocycles. The van der Waals surface area contributed by atoms with E-state index in [1.807, 2.05) is 67.5 Å². The van der Waals surface area contributed by atoms with Crippen molar-refractivity contribution < 1.29 is 9.90 Å². The van der Waals surface area contributed by atoms with Crippen LogP contribution in [0.25, 0.3) is 0 Å². The quantitative estimate of drug-likeness (QED) is 0.369. The predicted molar refractivity (Wildman–Crippen MR) is 152 cm³/mol. The molecule has 0 fully saturated rings. The van der Waals surface area contributed by atoms with Gasteiger partial charge in [0.1, 0.15) is 11.4 Å². The number of aliphatic hydroxyl groups is 1. The van der Waals surface area contributed by atoms with Crippen molar-refractivity contribution in [3.8, 4) is 0 Å². The molecule has 1 aliphatic rings. The Morgan fingerprint density at radius 3 is 2.08 bits per heavy atom. The number of nitrogens with one attached hydrogen (secondary N) is 1. The first-order valence-electron chi connectivity index (χ1n) is 12.1. The van der Waals surface area contributed by atoms with Gasteiger partial charge in [0.2, 0.25) is 6.35 Å². The molecule has 1 aliphatic heterocycles. The monoisotopic (exact) mass is 529 g/mol. The maximum absolute atomic E-state index is 14.2. The van der Waals surface area contributed by atoms with Gasteiger partial charge in [-0.25, -0.2) is 0 Å². The Morgan fingerprint density at radius 2 is 1.47 bits per heavy atom. The second-order valence-corrected chi connectivity index (χ2v) is 9.82. The summed E-state index contributed by atoms with van der Waals surface area (Å²) < 4.78 is 1.39. The van der Waals surface area contributed by atoms with Crippen LogP contribution in [0.3, 0.4) is 0 Å². The van der Waals surface area contributed by atoms with E-state index in [0.29, 0.717) is 34.4 Å². The number of aliphatic hydroxyl groups excluding tert-OH is 1. The topological polar surface area (TPSA) is 81.0 Å². The van der Waals surface area contributed by atoms with E-state index in [0.717, 1.165) is 11.3 Å². The first-order valence-corrected chi connectivity index (χ1v) is 12.5. The number of carbonyl (C=O) groups is 1. The number of carbonyl (C=O) groups excluding carboxylic acids is 1. The SMILES string of the molecule is CN(C)Cc1cc(Cl)ccc1Nc1cc(=O)n(C)c2c1C(=O)N(c1ccccc1)C(O)N2c1ccccc1. The van der Waals surface area contributed by atoms with Gasteiger partial charge in [-0.15, -0.1) is 0 Å². The number of hydrogen-bond donors (Lipinski definition) is 2. The van der Waals surface area contributed by atoms with Gasteiger partial charge in [0, 0.05) is 41.7 Å². The lowest BCUT2D eigenvalue weighted by molar-refractivity contribution is 0.0872. The van der Waals surface area contributed by atoms with Crippen LogP contribution >= 0.6 is 11.6 Å². The highest BCUT2D eigenvalue weighted by atomic mass is 35.5. The molecule has 1 atom stereocenters. The van der Waals surface area contributed by atoms with Crippen molar-refractivity contribution in [2.75, 3.05) is 29.2 Å². The lowest BCUT2D eigenvalue weighted by Crippen LogP contribution is -2.55. The molecule has 5 rings (SSSR count). The Hall–Kier alpha value is -4.11. The number of fused-ring (bicyclic) bond motifs is 1. The van der Waals surface area contributed by atoms with Gasteiger partial charge in [0.15, 0.2) is 0 Å². The van der Waals surface area contributed by atoms with Gasteiger partial charge in [0.05, 0.1) is 5.69 Å². The molecule has 1 amide bonds. The number of amides is 1. The third-order valence-corrected chi connectivity index (χ3v) is 6.66. The molecule has 1 aromatic heterocycles. The van der Waals surface area contributed by atoms with Crippen molar-refractivity contribution in [3.63, 3.8) is 0 Å². The van der Waals surface area contributed by atoms with Crippen LogP contribution < -0.4 is 20.7 Å². The van der Waals surface area contributed by atoms with Gasteiger partial charge in [-0.05, 0) is 62.1 Å². The van der Waals surface area contributed by atoms with Crippen molar-refractivity contribution in [2.24, 2.45) is 7.05 Å². The highest BCUT2D eigenvalue weighted by Gasteiger charge is 2.42. The predicted octanol–water partition coefficient (Wildman–Crippen LogP) is 4.92. The van der Waals surface area contributed by atoms with Crippen molar-refractivity contribution in [2.45, 2.75) is 12.9 Å². The molecule has 0 saturated carbocycles. The summed E-state index contributed by atoms with van der Waals surface area (Å²) in [6.45, 7) is 0.592. The average molecular weight is 530 g/mol. The molecule has 8 nitrogen and oxygen atoms in total. The van der Waals surface area contributed by atoms with Gasteiger partial charge in [0.25, 0.3) is 11.5 Å². The molecule has 0 radical (unpaired) electrons. The molecule has 2 N–H and O–H groups in total. The first kappa shape index (κ1) is 25.5. The highest BCUT2D eigenvalue weighted by molar-refractivity contribution is 6.30. The lowest BCUT2D eigenvalue weighted by atomic mass is 10.1. The summed E-state index contributed by atoms with van der Waals surface area (Å²) in [7, 11) is 5.50. The Labute approximate surface area is 225 Å². The van der Waals surface area contributed by atoms with Gasteiger partial charge < -0.3 is 15.3 Å². The second kappa shape index (κ2) is 10.3. The van der Waals surface area contributed by atoms with Crippen LogP contribution in [-0.4, -0.2) is 40.9 Å². The van der Waals surface area contributed by atoms with E-state index in [9.17, 15) is 14.7 Å². The Balaban J connectivity index is 1.75. The van der Waals surface area contributed by atoms with E-state index in [1.54, 1.807) is 42.3 Å². The number of aromatic nitrogens is 1. The van der Waals surface area contributed by atoms with Gasteiger partial charge >= 0.3 is 0 Å². The molecule has 194 valence electrons. The van der Waals surface area contributed by atoms with Crippen LogP contribution in [-0.2, 0) is 13.6 Å². The molecule has 3 aromatic carbocycles. The standard InChI is InChI=1S/C29H28ClN5O3/c1-32(2)18-19-16-20(30)14-15-23(19)31-24-17-25(36)33(3)27-26(24)28(37)35(22-12-8-5-9-13-22)29(38)34(27)21-10-6-4-7-11-21/h4-17,29,31,38H,18H2,1-3H3. The normalized spacial score (nSPS) is 15.1. The fraction of sp³-hybridized carbons (Fsp3) is 0.172. The first-order chi connectivity index (χ1) is 18.3. The van der Waals surface area contributed by atoms with Crippen LogP contribution in [0.4, 0.5) is 28.6 Å². The zero-order valence-electron chi connectivity index (χ0n) is 21.3. The summed E-state index contributed by atoms with van der Waals surface area (Å²) in [6.07, 6.45) is -1.39. The zero-order chi connectivity index (χ0) is 27.0. The largest absolute Gasteiger partial charge is 0.356 e. The van der Waals surface area contributed by atoms with Gasteiger partial charge in [-0.2, -0.15) is 0 Å². The van der Waals surface area contributed by atoms with E-state index in [4.69, 9.17) is 11.6 Å². The summed E-state index contributed by atoms with van der Waals surface area (Å²) in [5, 5.41) is 15.5. The number of rotatable bonds is 6. The van der Waals surface area contributed by atoms with Crippen LogP contribution in [0.5, 0.6) is 0 Å². The number of benzene rings is 3. The smallest absolute Gasteiger partial charge is 0.267 e. The number of anilines is 5. The van der Waals surface area contributed by atoms with Crippen LogP contribution in [0.2, 0.25) is 5.02 Å². The van der Waals surface area contributed by atoms with Crippen LogP contribution in [0.1, 0.15) is 15.9 Å². The minimum absolute atomic E-state index is 0.260. The average Bonchev–Trinajstić information content (AvgIpc) is 2.89. The molecular formula is C29H28ClN5O3. The highest BCUT2D eigenvalue weighted by Crippen LogP contribution is 2.41. The Kier molecular flexibility index (Phi) is 6.94. The summed E-state index contributed by atoms with van der Waals surface area (Å²) in [6, 6.07) is 25.0. The summed E-state index contributed by atoms with van der Waals surface area (Å²) in [5.74, 6) is -0.147. The molecule has 4 aromatic rings. The van der Waals surface area contributed by atoms with Crippen molar-refractivity contribution in [3.05, 3.63) is 111 Å². The fourth-order valence-electron chi connectivity index (χ4n) is 4.71. The van der Waals surface area contributed by atoms with Gasteiger partial charge in [-0.3, -0.25) is 24.0 Å². The third-order valence-electron chi connectivity index (χ3n) is 6.42. The summed E-state index contributed by atoms with van der Waals surface area (Å²) in [4.78, 5) is 32.3. The lowest BCUT2D eigenvalue weighted by Gasteiger charge is -2.43. The van der Waals surface area contributed by atoms with E-state index >= 15 is 0 Å². The van der Waals surface area contributed by atoms with Crippen molar-refractivity contribution in [1.82, 2.24) is 9.47 Å². The van der Waals surface area contributed by atoms with Crippen LogP contribution in [0.15, 0.2) is 89.7 Å². The maximum Gasteiger partial charge on any atom is 0.267 e. The summed E-state index contributed by atoms with van der Waals surface area (Å²) >= 11 is 6.28. The number of para-hydroxylation sites is 2. The molecule has 38 heavy (non-hydrogen) atoms. The van der Waals surface area contributed by atoms with Crippen LogP contribution in [0, 0.1) is 0 Å². The molecule has 0 spiro atoms. The van der Waals surface area contributed by atoms with Gasteiger partial charge in [-0.1, -0.05) is 48.0 Å². The van der Waals surface area contributed by atoms with Crippen molar-refractivity contribution >= 4 is 46.1 Å². The summed E-state index contributed by atoms with van der Waals surface area (Å²) in [5.41, 5.74) is 3.04.